The van der Waals surface area contributed by atoms with E-state index in [-0.39, 0.29) is 29.0 Å². The molecule has 0 spiro atoms. The SMILES string of the molecule is Nc1nc(SC2=C(C(=O)O)N3C(=O)C(NC(=O)Cc4ccccc4)[C@H]3SC2)nc2[nH]ncc12. The normalized spacial score (nSPS) is 19.9. The predicted molar refractivity (Wildman–Crippen MR) is 122 cm³/mol. The van der Waals surface area contributed by atoms with Gasteiger partial charge in [-0.25, -0.2) is 14.8 Å². The molecule has 0 saturated carbocycles. The molecular weight excluding hydrogens is 466 g/mol. The summed E-state index contributed by atoms with van der Waals surface area (Å²) in [7, 11) is 0. The van der Waals surface area contributed by atoms with Gasteiger partial charge in [-0.3, -0.25) is 19.6 Å². The molecule has 0 bridgehead atoms. The lowest BCUT2D eigenvalue weighted by atomic mass is 10.0. The number of nitrogens with zero attached hydrogens (tertiary/aromatic N) is 4. The van der Waals surface area contributed by atoms with Gasteiger partial charge in [-0.1, -0.05) is 42.1 Å². The summed E-state index contributed by atoms with van der Waals surface area (Å²) in [5.41, 5.74) is 7.07. The van der Waals surface area contributed by atoms with Gasteiger partial charge in [0, 0.05) is 10.7 Å². The van der Waals surface area contributed by atoms with Gasteiger partial charge in [-0.2, -0.15) is 5.10 Å². The lowest BCUT2D eigenvalue weighted by Crippen LogP contribution is -2.70. The first-order valence-electron chi connectivity index (χ1n) is 9.81. The summed E-state index contributed by atoms with van der Waals surface area (Å²) in [5.74, 6) is -1.46. The van der Waals surface area contributed by atoms with Crippen LogP contribution in [0.5, 0.6) is 0 Å². The number of aromatic amines is 1. The first-order valence-corrected chi connectivity index (χ1v) is 11.7. The average molecular weight is 484 g/mol. The average Bonchev–Trinajstić information content (AvgIpc) is 3.27. The molecule has 5 rings (SSSR count). The molecule has 2 aliphatic rings. The smallest absolute Gasteiger partial charge is 0.353 e. The number of nitrogens with two attached hydrogens (primary N) is 1. The van der Waals surface area contributed by atoms with Gasteiger partial charge in [0.25, 0.3) is 5.91 Å². The molecule has 1 aromatic carbocycles. The number of carbonyl (C=O) groups excluding carboxylic acids is 2. The Morgan fingerprint density at radius 3 is 2.85 bits per heavy atom. The van der Waals surface area contributed by atoms with E-state index in [1.165, 1.54) is 22.9 Å². The van der Waals surface area contributed by atoms with E-state index in [2.05, 4.69) is 25.5 Å². The Kier molecular flexibility index (Phi) is 5.42. The van der Waals surface area contributed by atoms with Crippen LogP contribution >= 0.6 is 23.5 Å². The molecule has 0 aliphatic carbocycles. The fourth-order valence-electron chi connectivity index (χ4n) is 3.67. The molecule has 1 fully saturated rings. The lowest BCUT2D eigenvalue weighted by Gasteiger charge is -2.49. The number of hydrogen-bond donors (Lipinski definition) is 4. The number of fused-ring (bicyclic) bond motifs is 2. The number of benzene rings is 1. The van der Waals surface area contributed by atoms with Crippen molar-refractivity contribution in [3.8, 4) is 0 Å². The summed E-state index contributed by atoms with van der Waals surface area (Å²) in [6.07, 6.45) is 1.65. The van der Waals surface area contributed by atoms with E-state index in [4.69, 9.17) is 5.73 Å². The first-order chi connectivity index (χ1) is 15.9. The van der Waals surface area contributed by atoms with E-state index in [1.54, 1.807) is 0 Å². The number of aromatic nitrogens is 4. The van der Waals surface area contributed by atoms with Crippen LogP contribution in [-0.4, -0.2) is 65.1 Å². The van der Waals surface area contributed by atoms with Crippen molar-refractivity contribution >= 4 is 58.2 Å². The monoisotopic (exact) mass is 483 g/mol. The van der Waals surface area contributed by atoms with Crippen molar-refractivity contribution in [1.82, 2.24) is 30.4 Å². The summed E-state index contributed by atoms with van der Waals surface area (Å²) >= 11 is 2.41. The van der Waals surface area contributed by atoms with E-state index in [0.29, 0.717) is 21.7 Å². The Morgan fingerprint density at radius 1 is 1.30 bits per heavy atom. The van der Waals surface area contributed by atoms with Gasteiger partial charge >= 0.3 is 5.97 Å². The van der Waals surface area contributed by atoms with E-state index >= 15 is 0 Å². The number of carbonyl (C=O) groups is 3. The molecule has 13 heteroatoms. The Labute approximate surface area is 195 Å². The summed E-state index contributed by atoms with van der Waals surface area (Å²) in [5, 5.41) is 19.5. The quantitative estimate of drug-likeness (QED) is 0.293. The Balaban J connectivity index is 1.34. The van der Waals surface area contributed by atoms with Gasteiger partial charge in [0.2, 0.25) is 5.91 Å². The van der Waals surface area contributed by atoms with Gasteiger partial charge in [0.15, 0.2) is 10.8 Å². The van der Waals surface area contributed by atoms with Crippen LogP contribution in [-0.2, 0) is 20.8 Å². The van der Waals surface area contributed by atoms with Crippen LogP contribution in [0.3, 0.4) is 0 Å². The molecule has 5 N–H and O–H groups in total. The predicted octanol–water partition coefficient (Wildman–Crippen LogP) is 0.966. The zero-order valence-corrected chi connectivity index (χ0v) is 18.5. The lowest BCUT2D eigenvalue weighted by molar-refractivity contribution is -0.150. The van der Waals surface area contributed by atoms with E-state index < -0.39 is 23.3 Å². The maximum absolute atomic E-state index is 12.8. The van der Waals surface area contributed by atoms with E-state index in [9.17, 15) is 19.5 Å². The van der Waals surface area contributed by atoms with Crippen molar-refractivity contribution in [1.29, 1.82) is 0 Å². The zero-order chi connectivity index (χ0) is 23.1. The largest absolute Gasteiger partial charge is 0.477 e. The van der Waals surface area contributed by atoms with Gasteiger partial charge in [-0.05, 0) is 5.56 Å². The minimum atomic E-state index is -1.24. The second-order valence-corrected chi connectivity index (χ2v) is 9.49. The van der Waals surface area contributed by atoms with Gasteiger partial charge in [0.05, 0.1) is 18.0 Å². The maximum atomic E-state index is 12.8. The molecule has 3 aromatic rings. The van der Waals surface area contributed by atoms with Crippen LogP contribution in [0.4, 0.5) is 5.82 Å². The highest BCUT2D eigenvalue weighted by molar-refractivity contribution is 8.06. The van der Waals surface area contributed by atoms with Crippen molar-refractivity contribution < 1.29 is 19.5 Å². The number of thioether (sulfide) groups is 2. The number of carboxylic acid groups (broad SMARTS) is 1. The number of hydrogen-bond acceptors (Lipinski definition) is 9. The molecule has 1 unspecified atom stereocenters. The maximum Gasteiger partial charge on any atom is 0.353 e. The van der Waals surface area contributed by atoms with E-state index in [0.717, 1.165) is 17.3 Å². The molecule has 2 amide bonds. The van der Waals surface area contributed by atoms with E-state index in [1.807, 2.05) is 30.3 Å². The number of β-lactam (4-membered cyclic amide) rings is 1. The molecule has 2 atom stereocenters. The third-order valence-corrected chi connectivity index (χ3v) is 7.60. The molecule has 2 aliphatic heterocycles. The highest BCUT2D eigenvalue weighted by Crippen LogP contribution is 2.44. The second kappa shape index (κ2) is 8.41. The zero-order valence-electron chi connectivity index (χ0n) is 16.9. The highest BCUT2D eigenvalue weighted by Gasteiger charge is 2.54. The fourth-order valence-corrected chi connectivity index (χ4v) is 6.08. The molecule has 168 valence electrons. The van der Waals surface area contributed by atoms with Crippen LogP contribution in [0, 0.1) is 0 Å². The molecule has 0 radical (unpaired) electrons. The number of carboxylic acids is 1. The topological polar surface area (TPSA) is 167 Å². The van der Waals surface area contributed by atoms with Crippen molar-refractivity contribution in [2.24, 2.45) is 0 Å². The highest BCUT2D eigenvalue weighted by atomic mass is 32.2. The summed E-state index contributed by atoms with van der Waals surface area (Å²) in [4.78, 5) is 47.4. The summed E-state index contributed by atoms with van der Waals surface area (Å²) < 4.78 is 0. The molecule has 33 heavy (non-hydrogen) atoms. The third kappa shape index (κ3) is 3.89. The third-order valence-electron chi connectivity index (χ3n) is 5.19. The summed E-state index contributed by atoms with van der Waals surface area (Å²) in [6, 6.07) is 8.40. The standard InChI is InChI=1S/C20H17N7O4S2/c21-15-10-7-22-26-16(10)25-20(24-15)33-11-8-32-18-13(17(29)27(18)14(11)19(30)31)23-12(28)6-9-4-2-1-3-5-9/h1-5,7,13,18H,6,8H2,(H,23,28)(H,30,31)(H3,21,22,24,25,26)/t13?,18-/m1/s1. The second-order valence-electron chi connectivity index (χ2n) is 7.32. The Hall–Kier alpha value is -3.58. The van der Waals surface area contributed by atoms with Gasteiger partial charge in [0.1, 0.15) is 22.9 Å². The minimum absolute atomic E-state index is 0.130. The van der Waals surface area contributed by atoms with Crippen molar-refractivity contribution in [2.45, 2.75) is 23.0 Å². The van der Waals surface area contributed by atoms with Crippen LogP contribution in [0.1, 0.15) is 5.56 Å². The molecule has 1 saturated heterocycles. The Bertz CT molecular complexity index is 1310. The number of H-pyrrole nitrogens is 1. The number of aliphatic carboxylic acids is 1. The molecular formula is C20H17N7O4S2. The number of nitrogen functional groups attached to an aromatic ring is 1. The molecule has 2 aromatic heterocycles. The molecule has 4 heterocycles. The van der Waals surface area contributed by atoms with Crippen molar-refractivity contribution in [2.75, 3.05) is 11.5 Å². The fraction of sp³-hybridized carbons (Fsp3) is 0.200. The van der Waals surface area contributed by atoms with Gasteiger partial charge in [-0.15, -0.1) is 11.8 Å². The van der Waals surface area contributed by atoms with Crippen molar-refractivity contribution in [3.05, 3.63) is 52.7 Å². The number of anilines is 1. The Morgan fingerprint density at radius 2 is 2.09 bits per heavy atom. The molecule has 11 nitrogen and oxygen atoms in total. The van der Waals surface area contributed by atoms with Crippen LogP contribution in [0.25, 0.3) is 11.0 Å². The van der Waals surface area contributed by atoms with Crippen LogP contribution < -0.4 is 11.1 Å². The van der Waals surface area contributed by atoms with Crippen LogP contribution in [0.15, 0.2) is 52.3 Å². The van der Waals surface area contributed by atoms with Gasteiger partial charge < -0.3 is 16.2 Å². The minimum Gasteiger partial charge on any atom is -0.477 e. The number of rotatable bonds is 6. The van der Waals surface area contributed by atoms with Crippen molar-refractivity contribution in [3.63, 3.8) is 0 Å². The first kappa shape index (κ1) is 21.3. The summed E-state index contributed by atoms with van der Waals surface area (Å²) in [6.45, 7) is 0. The number of amides is 2. The van der Waals surface area contributed by atoms with Crippen LogP contribution in [0.2, 0.25) is 0 Å². The number of nitrogens with one attached hydrogen (secondary N) is 2.